The molecule has 0 aromatic carbocycles. The van der Waals surface area contributed by atoms with Crippen molar-refractivity contribution in [1.82, 2.24) is 20.5 Å². The van der Waals surface area contributed by atoms with Gasteiger partial charge in [0.15, 0.2) is 0 Å². The maximum atomic E-state index is 9.22. The van der Waals surface area contributed by atoms with E-state index in [1.165, 1.54) is 0 Å². The first-order valence-electron chi connectivity index (χ1n) is 6.50. The summed E-state index contributed by atoms with van der Waals surface area (Å²) in [4.78, 5) is 6.60. The molecule has 20 heavy (non-hydrogen) atoms. The van der Waals surface area contributed by atoms with Crippen molar-refractivity contribution in [1.29, 1.82) is 0 Å². The second-order valence-corrected chi connectivity index (χ2v) is 5.21. The van der Waals surface area contributed by atoms with E-state index in [0.29, 0.717) is 10.7 Å². The lowest BCUT2D eigenvalue weighted by atomic mass is 10.1. The van der Waals surface area contributed by atoms with Gasteiger partial charge in [0, 0.05) is 36.4 Å². The van der Waals surface area contributed by atoms with E-state index in [0.717, 1.165) is 31.0 Å². The van der Waals surface area contributed by atoms with Crippen LogP contribution in [0.4, 0.5) is 5.82 Å². The number of piperazine rings is 1. The van der Waals surface area contributed by atoms with Crippen molar-refractivity contribution in [3.63, 3.8) is 0 Å². The molecule has 1 atom stereocenters. The quantitative estimate of drug-likeness (QED) is 0.790. The van der Waals surface area contributed by atoms with Gasteiger partial charge in [-0.2, -0.15) is 5.10 Å². The number of nitrogens with one attached hydrogen (secondary N) is 2. The Labute approximate surface area is 121 Å². The molecule has 0 spiro atoms. The standard InChI is InChI=1S/C13H16ClN5O/c14-10-3-11(8-20)18-13(4-10)19-2-1-15-12(7-19)9-5-16-17-6-9/h3-6,12,15,20H,1-2,7-8H2,(H,16,17). The number of anilines is 1. The van der Waals surface area contributed by atoms with Crippen LogP contribution < -0.4 is 10.2 Å². The summed E-state index contributed by atoms with van der Waals surface area (Å²) in [6.45, 7) is 2.40. The van der Waals surface area contributed by atoms with Gasteiger partial charge < -0.3 is 15.3 Å². The second-order valence-electron chi connectivity index (χ2n) is 4.78. The third-order valence-electron chi connectivity index (χ3n) is 3.41. The minimum atomic E-state index is -0.106. The summed E-state index contributed by atoms with van der Waals surface area (Å²) in [6.07, 6.45) is 3.72. The summed E-state index contributed by atoms with van der Waals surface area (Å²) in [5, 5.41) is 20.1. The van der Waals surface area contributed by atoms with Crippen molar-refractivity contribution >= 4 is 17.4 Å². The highest BCUT2D eigenvalue weighted by molar-refractivity contribution is 6.30. The molecule has 1 unspecified atom stereocenters. The van der Waals surface area contributed by atoms with Crippen molar-refractivity contribution in [3.8, 4) is 0 Å². The fourth-order valence-corrected chi connectivity index (χ4v) is 2.64. The van der Waals surface area contributed by atoms with Gasteiger partial charge in [-0.15, -0.1) is 0 Å². The molecule has 2 aromatic rings. The van der Waals surface area contributed by atoms with Crippen LogP contribution >= 0.6 is 11.6 Å². The second kappa shape index (κ2) is 5.78. The Morgan fingerprint density at radius 2 is 2.35 bits per heavy atom. The normalized spacial score (nSPS) is 19.3. The summed E-state index contributed by atoms with van der Waals surface area (Å²) < 4.78 is 0. The highest BCUT2D eigenvalue weighted by Crippen LogP contribution is 2.23. The van der Waals surface area contributed by atoms with Gasteiger partial charge in [-0.1, -0.05) is 11.6 Å². The average molecular weight is 294 g/mol. The first-order valence-corrected chi connectivity index (χ1v) is 6.88. The van der Waals surface area contributed by atoms with Crippen LogP contribution in [0.5, 0.6) is 0 Å². The van der Waals surface area contributed by atoms with Crippen molar-refractivity contribution in [2.45, 2.75) is 12.6 Å². The number of aromatic amines is 1. The summed E-state index contributed by atoms with van der Waals surface area (Å²) in [7, 11) is 0. The van der Waals surface area contributed by atoms with Crippen LogP contribution in [0.2, 0.25) is 5.02 Å². The van der Waals surface area contributed by atoms with Crippen molar-refractivity contribution in [2.24, 2.45) is 0 Å². The largest absolute Gasteiger partial charge is 0.390 e. The van der Waals surface area contributed by atoms with Gasteiger partial charge in [-0.25, -0.2) is 4.98 Å². The van der Waals surface area contributed by atoms with E-state index in [4.69, 9.17) is 11.6 Å². The first kappa shape index (κ1) is 13.4. The van der Waals surface area contributed by atoms with Gasteiger partial charge in [-0.05, 0) is 12.1 Å². The third kappa shape index (κ3) is 2.77. The number of hydrogen-bond donors (Lipinski definition) is 3. The molecule has 0 amide bonds. The minimum Gasteiger partial charge on any atom is -0.390 e. The third-order valence-corrected chi connectivity index (χ3v) is 3.63. The Hall–Kier alpha value is -1.63. The molecule has 2 aromatic heterocycles. The van der Waals surface area contributed by atoms with E-state index in [1.54, 1.807) is 6.07 Å². The van der Waals surface area contributed by atoms with E-state index >= 15 is 0 Å². The van der Waals surface area contributed by atoms with Crippen molar-refractivity contribution in [3.05, 3.63) is 40.8 Å². The highest BCUT2D eigenvalue weighted by Gasteiger charge is 2.22. The van der Waals surface area contributed by atoms with Crippen LogP contribution in [0.25, 0.3) is 0 Å². The lowest BCUT2D eigenvalue weighted by molar-refractivity contribution is 0.277. The lowest BCUT2D eigenvalue weighted by Crippen LogP contribution is -2.46. The summed E-state index contributed by atoms with van der Waals surface area (Å²) >= 11 is 6.08. The molecule has 1 aliphatic heterocycles. The van der Waals surface area contributed by atoms with Crippen LogP contribution in [-0.2, 0) is 6.61 Å². The fraction of sp³-hybridized carbons (Fsp3) is 0.385. The molecular formula is C13H16ClN5O. The van der Waals surface area contributed by atoms with E-state index < -0.39 is 0 Å². The van der Waals surface area contributed by atoms with E-state index in [2.05, 4.69) is 25.4 Å². The number of pyridine rings is 1. The number of hydrogen-bond acceptors (Lipinski definition) is 5. The van der Waals surface area contributed by atoms with Gasteiger partial charge in [0.05, 0.1) is 24.5 Å². The number of nitrogens with zero attached hydrogens (tertiary/aromatic N) is 3. The molecule has 0 radical (unpaired) electrons. The fourth-order valence-electron chi connectivity index (χ4n) is 2.41. The van der Waals surface area contributed by atoms with Gasteiger partial charge in [0.1, 0.15) is 5.82 Å². The number of H-pyrrole nitrogens is 1. The summed E-state index contributed by atoms with van der Waals surface area (Å²) in [5.41, 5.74) is 1.71. The predicted molar refractivity (Wildman–Crippen MR) is 76.7 cm³/mol. The number of rotatable bonds is 3. The Bertz CT molecular complexity index is 574. The van der Waals surface area contributed by atoms with Crippen LogP contribution in [0.15, 0.2) is 24.5 Å². The summed E-state index contributed by atoms with van der Waals surface area (Å²) in [6, 6.07) is 3.72. The molecule has 1 fully saturated rings. The van der Waals surface area contributed by atoms with Crippen LogP contribution in [-0.4, -0.2) is 39.9 Å². The molecule has 106 valence electrons. The molecule has 3 N–H and O–H groups in total. The van der Waals surface area contributed by atoms with Gasteiger partial charge in [-0.3, -0.25) is 5.10 Å². The Morgan fingerprint density at radius 3 is 3.10 bits per heavy atom. The maximum Gasteiger partial charge on any atom is 0.130 e. The van der Waals surface area contributed by atoms with Gasteiger partial charge in [0.2, 0.25) is 0 Å². The van der Waals surface area contributed by atoms with Gasteiger partial charge >= 0.3 is 0 Å². The lowest BCUT2D eigenvalue weighted by Gasteiger charge is -2.34. The molecule has 0 bridgehead atoms. The molecule has 7 heteroatoms. The van der Waals surface area contributed by atoms with Crippen molar-refractivity contribution < 1.29 is 5.11 Å². The molecule has 0 aliphatic carbocycles. The molecule has 1 aliphatic rings. The molecule has 6 nitrogen and oxygen atoms in total. The maximum absolute atomic E-state index is 9.22. The van der Waals surface area contributed by atoms with Crippen LogP contribution in [0.1, 0.15) is 17.3 Å². The number of aromatic nitrogens is 3. The van der Waals surface area contributed by atoms with E-state index in [1.807, 2.05) is 18.5 Å². The predicted octanol–water partition coefficient (Wildman–Crippen LogP) is 1.10. The molecule has 3 rings (SSSR count). The monoisotopic (exact) mass is 293 g/mol. The van der Waals surface area contributed by atoms with E-state index in [9.17, 15) is 5.11 Å². The first-order chi connectivity index (χ1) is 9.76. The van der Waals surface area contributed by atoms with E-state index in [-0.39, 0.29) is 12.6 Å². The number of aliphatic hydroxyl groups excluding tert-OH is 1. The van der Waals surface area contributed by atoms with Crippen LogP contribution in [0.3, 0.4) is 0 Å². The topological polar surface area (TPSA) is 77.1 Å². The zero-order valence-corrected chi connectivity index (χ0v) is 11.6. The minimum absolute atomic E-state index is 0.106. The molecule has 1 saturated heterocycles. The number of halogens is 1. The average Bonchev–Trinajstić information content (AvgIpc) is 3.01. The molecular weight excluding hydrogens is 278 g/mol. The van der Waals surface area contributed by atoms with Crippen molar-refractivity contribution in [2.75, 3.05) is 24.5 Å². The van der Waals surface area contributed by atoms with Gasteiger partial charge in [0.25, 0.3) is 0 Å². The Kier molecular flexibility index (Phi) is 3.86. The SMILES string of the molecule is OCc1cc(Cl)cc(N2CCNC(c3cn[nH]c3)C2)n1. The molecule has 3 heterocycles. The molecule has 0 saturated carbocycles. The smallest absolute Gasteiger partial charge is 0.130 e. The zero-order valence-electron chi connectivity index (χ0n) is 10.9. The Morgan fingerprint density at radius 1 is 1.45 bits per heavy atom. The van der Waals surface area contributed by atoms with Crippen LogP contribution in [0, 0.1) is 0 Å². The highest BCUT2D eigenvalue weighted by atomic mass is 35.5. The summed E-state index contributed by atoms with van der Waals surface area (Å²) in [5.74, 6) is 0.802. The Balaban J connectivity index is 1.81. The zero-order chi connectivity index (χ0) is 13.9. The number of aliphatic hydroxyl groups is 1.